The molecule has 0 heterocycles. The van der Waals surface area contributed by atoms with Crippen LogP contribution >= 0.6 is 0 Å². The van der Waals surface area contributed by atoms with E-state index in [0.717, 1.165) is 12.3 Å². The van der Waals surface area contributed by atoms with Crippen molar-refractivity contribution in [3.63, 3.8) is 0 Å². The van der Waals surface area contributed by atoms with Crippen LogP contribution in [0.3, 0.4) is 0 Å². The summed E-state index contributed by atoms with van der Waals surface area (Å²) >= 11 is 0. The van der Waals surface area contributed by atoms with Crippen molar-refractivity contribution in [3.8, 4) is 5.75 Å². The Kier molecular flexibility index (Phi) is 4.43. The average Bonchev–Trinajstić information content (AvgIpc) is 2.43. The lowest BCUT2D eigenvalue weighted by Crippen LogP contribution is -2.23. The van der Waals surface area contributed by atoms with Crippen LogP contribution in [0.2, 0.25) is 0 Å². The third kappa shape index (κ3) is 3.48. The Morgan fingerprint density at radius 2 is 1.68 bits per heavy atom. The number of hydrogen-bond acceptors (Lipinski definition) is 2. The zero-order valence-corrected chi connectivity index (χ0v) is 12.2. The number of benzene rings is 2. The summed E-state index contributed by atoms with van der Waals surface area (Å²) in [6.07, 6.45) is 0. The third-order valence-corrected chi connectivity index (χ3v) is 3.40. The van der Waals surface area contributed by atoms with Gasteiger partial charge in [-0.1, -0.05) is 32.0 Å². The van der Waals surface area contributed by atoms with Gasteiger partial charge in [-0.25, -0.2) is 0 Å². The van der Waals surface area contributed by atoms with Crippen molar-refractivity contribution in [3.05, 3.63) is 42.0 Å². The highest BCUT2D eigenvalue weighted by Gasteiger charge is 2.06. The van der Waals surface area contributed by atoms with Crippen LogP contribution in [0.25, 0.3) is 10.8 Å². The number of ether oxygens (including phenoxy) is 1. The number of methoxy groups -OCH3 is 1. The second kappa shape index (κ2) is 6.07. The molecule has 1 unspecified atom stereocenters. The molecule has 2 nitrogen and oxygen atoms in total. The molecule has 0 aliphatic heterocycles. The highest BCUT2D eigenvalue weighted by molar-refractivity contribution is 5.84. The fourth-order valence-electron chi connectivity index (χ4n) is 2.17. The first-order chi connectivity index (χ1) is 9.10. The van der Waals surface area contributed by atoms with Crippen LogP contribution in [0.5, 0.6) is 5.75 Å². The second-order valence-corrected chi connectivity index (χ2v) is 5.50. The Balaban J connectivity index is 2.21. The summed E-state index contributed by atoms with van der Waals surface area (Å²) in [5, 5.41) is 6.04. The van der Waals surface area contributed by atoms with Gasteiger partial charge < -0.3 is 10.1 Å². The molecule has 2 aromatic carbocycles. The van der Waals surface area contributed by atoms with Crippen molar-refractivity contribution in [2.24, 2.45) is 5.92 Å². The van der Waals surface area contributed by atoms with E-state index in [1.165, 1.54) is 16.3 Å². The van der Waals surface area contributed by atoms with E-state index in [-0.39, 0.29) is 0 Å². The first-order valence-electron chi connectivity index (χ1n) is 6.91. The molecule has 0 aromatic heterocycles. The van der Waals surface area contributed by atoms with E-state index in [0.29, 0.717) is 12.0 Å². The van der Waals surface area contributed by atoms with Gasteiger partial charge in [0, 0.05) is 6.04 Å². The van der Waals surface area contributed by atoms with Crippen LogP contribution in [0.1, 0.15) is 32.4 Å². The second-order valence-electron chi connectivity index (χ2n) is 5.50. The Hall–Kier alpha value is -1.54. The van der Waals surface area contributed by atoms with E-state index >= 15 is 0 Å². The van der Waals surface area contributed by atoms with E-state index in [2.05, 4.69) is 56.4 Å². The Morgan fingerprint density at radius 1 is 1.00 bits per heavy atom. The van der Waals surface area contributed by atoms with Crippen LogP contribution in [0.4, 0.5) is 0 Å². The van der Waals surface area contributed by atoms with Crippen molar-refractivity contribution < 1.29 is 4.74 Å². The summed E-state index contributed by atoms with van der Waals surface area (Å²) in [6, 6.07) is 13.2. The number of hydrogen-bond donors (Lipinski definition) is 1. The molecule has 2 aromatic rings. The summed E-state index contributed by atoms with van der Waals surface area (Å²) < 4.78 is 5.25. The minimum atomic E-state index is 0.383. The van der Waals surface area contributed by atoms with Crippen molar-refractivity contribution in [1.29, 1.82) is 0 Å². The Labute approximate surface area is 115 Å². The van der Waals surface area contributed by atoms with Gasteiger partial charge >= 0.3 is 0 Å². The van der Waals surface area contributed by atoms with Crippen LogP contribution in [0, 0.1) is 5.92 Å². The molecule has 2 heteroatoms. The maximum atomic E-state index is 5.25. The number of nitrogens with one attached hydrogen (secondary N) is 1. The van der Waals surface area contributed by atoms with Gasteiger partial charge in [-0.15, -0.1) is 0 Å². The van der Waals surface area contributed by atoms with E-state index < -0.39 is 0 Å². The predicted octanol–water partition coefficient (Wildman–Crippen LogP) is 4.16. The fourth-order valence-corrected chi connectivity index (χ4v) is 2.17. The lowest BCUT2D eigenvalue weighted by molar-refractivity contribution is 0.415. The van der Waals surface area contributed by atoms with Crippen LogP contribution < -0.4 is 10.1 Å². The molecule has 2 rings (SSSR count). The molecule has 1 atom stereocenters. The summed E-state index contributed by atoms with van der Waals surface area (Å²) in [7, 11) is 1.70. The molecule has 0 bridgehead atoms. The van der Waals surface area contributed by atoms with E-state index in [4.69, 9.17) is 4.74 Å². The zero-order valence-electron chi connectivity index (χ0n) is 12.2. The van der Waals surface area contributed by atoms with Gasteiger partial charge in [-0.2, -0.15) is 0 Å². The summed E-state index contributed by atoms with van der Waals surface area (Å²) in [6.45, 7) is 7.72. The van der Waals surface area contributed by atoms with Crippen molar-refractivity contribution in [2.45, 2.75) is 26.8 Å². The quantitative estimate of drug-likeness (QED) is 0.868. The first-order valence-corrected chi connectivity index (χ1v) is 6.91. The van der Waals surface area contributed by atoms with E-state index in [1.807, 2.05) is 6.07 Å². The highest BCUT2D eigenvalue weighted by atomic mass is 16.5. The maximum Gasteiger partial charge on any atom is 0.119 e. The van der Waals surface area contributed by atoms with Gasteiger partial charge in [-0.3, -0.25) is 0 Å². The molecule has 102 valence electrons. The molecular weight excluding hydrogens is 234 g/mol. The Bertz CT molecular complexity index is 548. The SMILES string of the molecule is COc1ccc2cc(C(C)NCC(C)C)ccc2c1. The predicted molar refractivity (Wildman–Crippen MR) is 81.8 cm³/mol. The summed E-state index contributed by atoms with van der Waals surface area (Å²) in [5.41, 5.74) is 1.33. The van der Waals surface area contributed by atoms with Gasteiger partial charge in [0.1, 0.15) is 5.75 Å². The van der Waals surface area contributed by atoms with E-state index in [1.54, 1.807) is 7.11 Å². The molecule has 0 amide bonds. The molecule has 0 radical (unpaired) electrons. The van der Waals surface area contributed by atoms with Gasteiger partial charge in [-0.05, 0) is 53.9 Å². The van der Waals surface area contributed by atoms with E-state index in [9.17, 15) is 0 Å². The minimum absolute atomic E-state index is 0.383. The van der Waals surface area contributed by atoms with Crippen molar-refractivity contribution in [2.75, 3.05) is 13.7 Å². The number of rotatable bonds is 5. The molecule has 0 spiro atoms. The van der Waals surface area contributed by atoms with Gasteiger partial charge in [0.2, 0.25) is 0 Å². The molecule has 0 saturated heterocycles. The largest absolute Gasteiger partial charge is 0.497 e. The Morgan fingerprint density at radius 3 is 2.37 bits per heavy atom. The highest BCUT2D eigenvalue weighted by Crippen LogP contribution is 2.24. The molecule has 0 aliphatic rings. The standard InChI is InChI=1S/C17H23NO/c1-12(2)11-18-13(3)14-5-6-16-10-17(19-4)8-7-15(16)9-14/h5-10,12-13,18H,11H2,1-4H3. The van der Waals surface area contributed by atoms with Gasteiger partial charge in [0.05, 0.1) is 7.11 Å². The van der Waals surface area contributed by atoms with Crippen molar-refractivity contribution in [1.82, 2.24) is 5.32 Å². The molecule has 19 heavy (non-hydrogen) atoms. The maximum absolute atomic E-state index is 5.25. The molecular formula is C17H23NO. The van der Waals surface area contributed by atoms with Crippen molar-refractivity contribution >= 4 is 10.8 Å². The monoisotopic (exact) mass is 257 g/mol. The molecule has 0 aliphatic carbocycles. The van der Waals surface area contributed by atoms with Gasteiger partial charge in [0.25, 0.3) is 0 Å². The average molecular weight is 257 g/mol. The summed E-state index contributed by atoms with van der Waals surface area (Å²) in [4.78, 5) is 0. The lowest BCUT2D eigenvalue weighted by atomic mass is 10.0. The molecule has 0 fully saturated rings. The summed E-state index contributed by atoms with van der Waals surface area (Å²) in [5.74, 6) is 1.58. The lowest BCUT2D eigenvalue weighted by Gasteiger charge is -2.16. The molecule has 1 N–H and O–H groups in total. The van der Waals surface area contributed by atoms with Gasteiger partial charge in [0.15, 0.2) is 0 Å². The minimum Gasteiger partial charge on any atom is -0.497 e. The van der Waals surface area contributed by atoms with Crippen LogP contribution in [-0.2, 0) is 0 Å². The third-order valence-electron chi connectivity index (χ3n) is 3.40. The fraction of sp³-hybridized carbons (Fsp3) is 0.412. The first kappa shape index (κ1) is 13.9. The van der Waals surface area contributed by atoms with Crippen LogP contribution in [-0.4, -0.2) is 13.7 Å². The zero-order chi connectivity index (χ0) is 13.8. The van der Waals surface area contributed by atoms with Crippen LogP contribution in [0.15, 0.2) is 36.4 Å². The normalized spacial score (nSPS) is 12.9. The molecule has 0 saturated carbocycles. The smallest absolute Gasteiger partial charge is 0.119 e. The topological polar surface area (TPSA) is 21.3 Å². The number of fused-ring (bicyclic) bond motifs is 1.